The van der Waals surface area contributed by atoms with Gasteiger partial charge in [0.25, 0.3) is 0 Å². The van der Waals surface area contributed by atoms with Gasteiger partial charge >= 0.3 is 0 Å². The van der Waals surface area contributed by atoms with Crippen molar-refractivity contribution in [2.24, 2.45) is 11.8 Å². The van der Waals surface area contributed by atoms with E-state index >= 15 is 0 Å². The molecule has 2 amide bonds. The van der Waals surface area contributed by atoms with E-state index in [1.165, 1.54) is 24.1 Å². The largest absolute Gasteiger partial charge is 0.354 e. The van der Waals surface area contributed by atoms with E-state index in [-0.39, 0.29) is 23.8 Å². The topological polar surface area (TPSA) is 52.7 Å². The van der Waals surface area contributed by atoms with Gasteiger partial charge < -0.3 is 10.2 Å². The summed E-state index contributed by atoms with van der Waals surface area (Å²) in [5.41, 5.74) is 0. The van der Waals surface area contributed by atoms with Crippen molar-refractivity contribution in [1.29, 1.82) is 0 Å². The Labute approximate surface area is 178 Å². The molecule has 2 saturated heterocycles. The predicted molar refractivity (Wildman–Crippen MR) is 117 cm³/mol. The Bertz CT molecular complexity index is 672. The van der Waals surface area contributed by atoms with Crippen LogP contribution in [0, 0.1) is 11.8 Å². The Balaban J connectivity index is 1.25. The molecule has 1 aromatic heterocycles. The van der Waals surface area contributed by atoms with Crippen molar-refractivity contribution < 1.29 is 9.59 Å². The van der Waals surface area contributed by atoms with E-state index in [0.29, 0.717) is 5.92 Å². The van der Waals surface area contributed by atoms with Crippen molar-refractivity contribution in [2.45, 2.75) is 70.4 Å². The maximum atomic E-state index is 13.0. The van der Waals surface area contributed by atoms with Crippen molar-refractivity contribution in [3.8, 4) is 0 Å². The Morgan fingerprint density at radius 2 is 1.86 bits per heavy atom. The Morgan fingerprint density at radius 1 is 1.03 bits per heavy atom. The lowest BCUT2D eigenvalue weighted by Gasteiger charge is -2.33. The van der Waals surface area contributed by atoms with Gasteiger partial charge in [-0.1, -0.05) is 25.3 Å². The summed E-state index contributed by atoms with van der Waals surface area (Å²) in [7, 11) is 0. The zero-order valence-electron chi connectivity index (χ0n) is 17.5. The summed E-state index contributed by atoms with van der Waals surface area (Å²) in [5.74, 6) is 0.974. The predicted octanol–water partition coefficient (Wildman–Crippen LogP) is 3.65. The van der Waals surface area contributed by atoms with Gasteiger partial charge in [0, 0.05) is 37.0 Å². The van der Waals surface area contributed by atoms with Crippen LogP contribution in [0.5, 0.6) is 0 Å². The highest BCUT2D eigenvalue weighted by atomic mass is 32.1. The Kier molecular flexibility index (Phi) is 7.24. The van der Waals surface area contributed by atoms with Gasteiger partial charge in [-0.3, -0.25) is 14.5 Å². The minimum atomic E-state index is -0.241. The molecule has 1 aromatic rings. The van der Waals surface area contributed by atoms with Gasteiger partial charge in [0.1, 0.15) is 6.04 Å². The molecule has 5 nitrogen and oxygen atoms in total. The summed E-state index contributed by atoms with van der Waals surface area (Å²) in [6.45, 7) is 4.71. The fraction of sp³-hybridized carbons (Fsp3) is 0.739. The molecule has 4 rings (SSSR count). The number of hydrogen-bond donors (Lipinski definition) is 1. The number of hydrogen-bond acceptors (Lipinski definition) is 4. The van der Waals surface area contributed by atoms with E-state index in [9.17, 15) is 9.59 Å². The number of carbonyl (C=O) groups is 2. The van der Waals surface area contributed by atoms with Gasteiger partial charge in [-0.15, -0.1) is 11.3 Å². The number of carbonyl (C=O) groups excluding carboxylic acids is 2. The molecule has 160 valence electrons. The van der Waals surface area contributed by atoms with Crippen molar-refractivity contribution >= 4 is 23.2 Å². The molecule has 3 aliphatic rings. The van der Waals surface area contributed by atoms with Crippen molar-refractivity contribution in [3.05, 3.63) is 22.4 Å². The highest BCUT2D eigenvalue weighted by molar-refractivity contribution is 7.09. The lowest BCUT2D eigenvalue weighted by atomic mass is 9.88. The fourth-order valence-electron chi connectivity index (χ4n) is 5.33. The molecule has 3 fully saturated rings. The SMILES string of the molecule is O=C(NCC1CCCN(Cc2cccs2)C1)C1CCCN1C(=O)C1CCCCC1. The van der Waals surface area contributed by atoms with E-state index in [0.717, 1.165) is 71.2 Å². The molecule has 0 bridgehead atoms. The first-order valence-corrected chi connectivity index (χ1v) is 12.4. The van der Waals surface area contributed by atoms with Crippen LogP contribution >= 0.6 is 11.3 Å². The van der Waals surface area contributed by atoms with Crippen LogP contribution in [-0.4, -0.2) is 53.8 Å². The molecule has 3 heterocycles. The third-order valence-electron chi connectivity index (χ3n) is 6.92. The highest BCUT2D eigenvalue weighted by Gasteiger charge is 2.37. The van der Waals surface area contributed by atoms with Crippen molar-refractivity contribution in [1.82, 2.24) is 15.1 Å². The third kappa shape index (κ3) is 5.40. The summed E-state index contributed by atoms with van der Waals surface area (Å²) in [6, 6.07) is 4.08. The molecule has 0 aromatic carbocycles. The molecule has 0 spiro atoms. The Morgan fingerprint density at radius 3 is 2.66 bits per heavy atom. The minimum Gasteiger partial charge on any atom is -0.354 e. The number of thiophene rings is 1. The quantitative estimate of drug-likeness (QED) is 0.769. The number of likely N-dealkylation sites (tertiary alicyclic amines) is 2. The lowest BCUT2D eigenvalue weighted by molar-refractivity contribution is -0.142. The smallest absolute Gasteiger partial charge is 0.242 e. The van der Waals surface area contributed by atoms with Gasteiger partial charge in [-0.2, -0.15) is 0 Å². The van der Waals surface area contributed by atoms with Crippen LogP contribution in [0.15, 0.2) is 17.5 Å². The van der Waals surface area contributed by atoms with E-state index in [2.05, 4.69) is 27.7 Å². The number of nitrogens with one attached hydrogen (secondary N) is 1. The summed E-state index contributed by atoms with van der Waals surface area (Å²) < 4.78 is 0. The Hall–Kier alpha value is -1.40. The van der Waals surface area contributed by atoms with E-state index < -0.39 is 0 Å². The molecule has 2 unspecified atom stereocenters. The fourth-order valence-corrected chi connectivity index (χ4v) is 6.08. The van der Waals surface area contributed by atoms with E-state index in [1.807, 2.05) is 16.2 Å². The van der Waals surface area contributed by atoms with Gasteiger partial charge in [-0.05, 0) is 62.4 Å². The van der Waals surface area contributed by atoms with E-state index in [4.69, 9.17) is 0 Å². The molecule has 1 aliphatic carbocycles. The van der Waals surface area contributed by atoms with Gasteiger partial charge in [0.2, 0.25) is 11.8 Å². The highest BCUT2D eigenvalue weighted by Crippen LogP contribution is 2.29. The third-order valence-corrected chi connectivity index (χ3v) is 7.78. The van der Waals surface area contributed by atoms with Crippen LogP contribution < -0.4 is 5.32 Å². The maximum absolute atomic E-state index is 13.0. The molecule has 1 N–H and O–H groups in total. The van der Waals surface area contributed by atoms with Crippen LogP contribution in [-0.2, 0) is 16.1 Å². The molecule has 6 heteroatoms. The second-order valence-corrected chi connectivity index (χ2v) is 10.1. The summed E-state index contributed by atoms with van der Waals surface area (Å²) >= 11 is 1.82. The number of rotatable bonds is 6. The van der Waals surface area contributed by atoms with Gasteiger partial charge in [0.05, 0.1) is 0 Å². The summed E-state index contributed by atoms with van der Waals surface area (Å²) in [4.78, 5) is 31.7. The molecule has 1 saturated carbocycles. The molecular weight excluding hydrogens is 382 g/mol. The molecule has 0 radical (unpaired) electrons. The molecule has 2 atom stereocenters. The second-order valence-electron chi connectivity index (χ2n) is 9.09. The zero-order valence-corrected chi connectivity index (χ0v) is 18.3. The normalized spacial score (nSPS) is 26.6. The first-order valence-electron chi connectivity index (χ1n) is 11.5. The number of nitrogens with zero attached hydrogens (tertiary/aromatic N) is 2. The van der Waals surface area contributed by atoms with Crippen LogP contribution in [0.1, 0.15) is 62.7 Å². The average molecular weight is 418 g/mol. The molecular formula is C23H35N3O2S. The standard InChI is InChI=1S/C23H35N3O2S/c27-22(21-11-5-13-26(21)23(28)19-8-2-1-3-9-19)24-15-18-7-4-12-25(16-18)17-20-10-6-14-29-20/h6,10,14,18-19,21H,1-5,7-9,11-13,15-17H2,(H,24,27). The monoisotopic (exact) mass is 417 g/mol. The molecule has 29 heavy (non-hydrogen) atoms. The number of piperidine rings is 1. The maximum Gasteiger partial charge on any atom is 0.242 e. The minimum absolute atomic E-state index is 0.0713. The van der Waals surface area contributed by atoms with Crippen LogP contribution in [0.4, 0.5) is 0 Å². The van der Waals surface area contributed by atoms with E-state index in [1.54, 1.807) is 0 Å². The second kappa shape index (κ2) is 10.1. The van der Waals surface area contributed by atoms with Crippen molar-refractivity contribution in [2.75, 3.05) is 26.2 Å². The average Bonchev–Trinajstić information content (AvgIpc) is 3.44. The first-order chi connectivity index (χ1) is 14.2. The summed E-state index contributed by atoms with van der Waals surface area (Å²) in [5, 5.41) is 5.34. The van der Waals surface area contributed by atoms with Crippen LogP contribution in [0.3, 0.4) is 0 Å². The van der Waals surface area contributed by atoms with Gasteiger partial charge in [-0.25, -0.2) is 0 Å². The lowest BCUT2D eigenvalue weighted by Crippen LogP contribution is -2.49. The molecule has 2 aliphatic heterocycles. The van der Waals surface area contributed by atoms with Crippen LogP contribution in [0.25, 0.3) is 0 Å². The number of amides is 2. The van der Waals surface area contributed by atoms with Gasteiger partial charge in [0.15, 0.2) is 0 Å². The van der Waals surface area contributed by atoms with Crippen molar-refractivity contribution in [3.63, 3.8) is 0 Å². The summed E-state index contributed by atoms with van der Waals surface area (Å²) in [6.07, 6.45) is 9.72. The zero-order chi connectivity index (χ0) is 20.1. The van der Waals surface area contributed by atoms with Crippen LogP contribution in [0.2, 0.25) is 0 Å². The first kappa shape index (κ1) is 20.9.